The van der Waals surface area contributed by atoms with Gasteiger partial charge in [-0.05, 0) is 53.4 Å². The molecule has 6 heteroatoms. The van der Waals surface area contributed by atoms with Gasteiger partial charge < -0.3 is 4.42 Å². The van der Waals surface area contributed by atoms with Crippen molar-refractivity contribution in [2.45, 2.75) is 0 Å². The minimum atomic E-state index is -0.950. The molecule has 0 atom stereocenters. The van der Waals surface area contributed by atoms with Crippen LogP contribution in [0, 0.1) is 0 Å². The number of furan rings is 1. The molecule has 0 fully saturated rings. The number of benzene rings is 7. The molecule has 51 heavy (non-hydrogen) atoms. The Bertz CT molecular complexity index is 4610. The first-order chi connectivity index (χ1) is 36.1. The van der Waals surface area contributed by atoms with Crippen LogP contribution in [0.2, 0.25) is 0 Å². The number of nitrogens with zero attached hydrogens (tertiary/aromatic N) is 4. The van der Waals surface area contributed by atoms with E-state index in [1.165, 1.54) is 0 Å². The van der Waals surface area contributed by atoms with E-state index in [1.807, 2.05) is 0 Å². The minimum Gasteiger partial charge on any atom is -0.456 e. The van der Waals surface area contributed by atoms with E-state index in [2.05, 4.69) is 15.0 Å². The molecule has 0 amide bonds. The van der Waals surface area contributed by atoms with Crippen molar-refractivity contribution in [2.75, 3.05) is 0 Å². The molecule has 238 valence electrons. The SMILES string of the molecule is [2H]c1c([2H])c([2H])c(-c2nc(-c3c([2H])c([2H])c4c(oc5c([2H])c([2H])c([2H])c(-c6c([2H])c([2H])c([2H])c([2H])c6[2H])c54)c3[2H])nc(-n3c4c([2H])c([2H])c([2H])c([2H])c4c4c5c(sc6c([2H])c([2H])c([2H])c([2H])c65)c([2H])c([2H])c43)n2)c([2H])c1[2H]. The maximum atomic E-state index is 9.65. The van der Waals surface area contributed by atoms with Crippen LogP contribution in [0.25, 0.3) is 104 Å². The first-order valence-corrected chi connectivity index (χ1v) is 15.6. The molecule has 0 unspecified atom stereocenters. The molecule has 11 aromatic rings. The van der Waals surface area contributed by atoms with Crippen LogP contribution in [0.4, 0.5) is 0 Å². The van der Waals surface area contributed by atoms with Gasteiger partial charge in [0.15, 0.2) is 11.6 Å². The molecule has 11 rings (SSSR count). The first kappa shape index (κ1) is 12.9. The lowest BCUT2D eigenvalue weighted by Crippen LogP contribution is -2.06. The van der Waals surface area contributed by atoms with E-state index in [9.17, 15) is 9.60 Å². The highest BCUT2D eigenvalue weighted by molar-refractivity contribution is 7.26. The van der Waals surface area contributed by atoms with E-state index in [0.29, 0.717) is 0 Å². The first-order valence-electron chi connectivity index (χ1n) is 27.8. The Hall–Kier alpha value is -6.63. The highest BCUT2D eigenvalue weighted by Crippen LogP contribution is 2.43. The van der Waals surface area contributed by atoms with Crippen LogP contribution >= 0.6 is 11.3 Å². The fourth-order valence-corrected chi connectivity index (χ4v) is 6.96. The van der Waals surface area contributed by atoms with E-state index in [4.69, 9.17) is 30.5 Å². The summed E-state index contributed by atoms with van der Waals surface area (Å²) in [7, 11) is 0. The Balaban J connectivity index is 1.35. The zero-order valence-electron chi connectivity index (χ0n) is 51.1. The lowest BCUT2D eigenvalue weighted by molar-refractivity contribution is 0.669. The van der Waals surface area contributed by atoms with E-state index in [0.717, 1.165) is 15.9 Å². The number of rotatable bonds is 4. The third kappa shape index (κ3) is 4.30. The van der Waals surface area contributed by atoms with Crippen molar-refractivity contribution in [3.63, 3.8) is 0 Å². The Morgan fingerprint density at radius 2 is 1.20 bits per heavy atom. The van der Waals surface area contributed by atoms with Crippen LogP contribution in [-0.2, 0) is 0 Å². The fraction of sp³-hybridized carbons (Fsp3) is 0. The Kier molecular flexibility index (Phi) is 2.77. The Morgan fingerprint density at radius 3 is 2.04 bits per heavy atom. The van der Waals surface area contributed by atoms with E-state index in [-0.39, 0.29) is 30.9 Å². The van der Waals surface area contributed by atoms with Crippen LogP contribution in [0.15, 0.2) is 162 Å². The van der Waals surface area contributed by atoms with Crippen molar-refractivity contribution < 1.29 is 40.1 Å². The van der Waals surface area contributed by atoms with E-state index < -0.39 is 230 Å². The molecule has 0 N–H and O–H groups in total. The monoisotopic (exact) mass is 696 g/mol. The Labute approximate surface area is 332 Å². The summed E-state index contributed by atoms with van der Waals surface area (Å²) in [5, 5.41) is -1.86. The predicted octanol–water partition coefficient (Wildman–Crippen LogP) is 12.2. The molecule has 4 heterocycles. The maximum Gasteiger partial charge on any atom is 0.238 e. The van der Waals surface area contributed by atoms with Crippen molar-refractivity contribution in [3.05, 3.63) is 157 Å². The summed E-state index contributed by atoms with van der Waals surface area (Å²) < 4.78 is 237. The molecule has 0 bridgehead atoms. The minimum absolute atomic E-state index is 0.0620. The molecule has 0 saturated carbocycles. The number of hydrogen-bond donors (Lipinski definition) is 0. The van der Waals surface area contributed by atoms with Crippen LogP contribution in [0.3, 0.4) is 0 Å². The molecule has 0 saturated heterocycles. The largest absolute Gasteiger partial charge is 0.456 e. The summed E-state index contributed by atoms with van der Waals surface area (Å²) in [4.78, 5) is 13.5. The molecule has 5 nitrogen and oxygen atoms in total. The van der Waals surface area contributed by atoms with Crippen LogP contribution in [0.5, 0.6) is 0 Å². The smallest absolute Gasteiger partial charge is 0.238 e. The molecule has 0 spiro atoms. The molecule has 7 aromatic carbocycles. The summed E-state index contributed by atoms with van der Waals surface area (Å²) in [5.41, 5.74) is -4.91. The average Bonchev–Trinajstić information content (AvgIpc) is 4.34. The van der Waals surface area contributed by atoms with Crippen molar-refractivity contribution in [1.29, 1.82) is 0 Å². The van der Waals surface area contributed by atoms with E-state index >= 15 is 0 Å². The topological polar surface area (TPSA) is 56.7 Å². The van der Waals surface area contributed by atoms with Gasteiger partial charge in [-0.15, -0.1) is 11.3 Å². The molecule has 0 radical (unpaired) electrons. The van der Waals surface area contributed by atoms with Gasteiger partial charge in [0.05, 0.1) is 46.7 Å². The van der Waals surface area contributed by atoms with Crippen molar-refractivity contribution in [2.24, 2.45) is 0 Å². The average molecular weight is 697 g/mol. The second-order valence-electron chi connectivity index (χ2n) is 10.8. The zero-order valence-corrected chi connectivity index (χ0v) is 25.9. The number of fused-ring (bicyclic) bond motifs is 10. The number of thiophene rings is 1. The van der Waals surface area contributed by atoms with Gasteiger partial charge in [0.2, 0.25) is 5.95 Å². The number of aromatic nitrogens is 4. The van der Waals surface area contributed by atoms with Crippen molar-refractivity contribution in [3.8, 4) is 39.9 Å². The summed E-state index contributed by atoms with van der Waals surface area (Å²) in [6.07, 6.45) is 0. The van der Waals surface area contributed by atoms with Gasteiger partial charge in [0, 0.05) is 52.8 Å². The fourth-order valence-electron chi connectivity index (χ4n) is 5.99. The van der Waals surface area contributed by atoms with Crippen LogP contribution < -0.4 is 0 Å². The van der Waals surface area contributed by atoms with Gasteiger partial charge in [-0.3, -0.25) is 4.57 Å². The van der Waals surface area contributed by atoms with Gasteiger partial charge in [0.25, 0.3) is 0 Å². The zero-order chi connectivity index (χ0) is 56.1. The van der Waals surface area contributed by atoms with Crippen LogP contribution in [-0.4, -0.2) is 19.5 Å². The molecule has 0 aliphatic heterocycles. The quantitative estimate of drug-likeness (QED) is 0.184. The summed E-state index contributed by atoms with van der Waals surface area (Å²) in [6, 6.07) is -20.7. The van der Waals surface area contributed by atoms with Gasteiger partial charge in [-0.25, -0.2) is 4.98 Å². The van der Waals surface area contributed by atoms with Gasteiger partial charge in [-0.1, -0.05) is 115 Å². The number of hydrogen-bond acceptors (Lipinski definition) is 5. The molecule has 4 aromatic heterocycles. The Morgan fingerprint density at radius 1 is 0.471 bits per heavy atom. The van der Waals surface area contributed by atoms with Gasteiger partial charge in [0.1, 0.15) is 11.2 Å². The predicted molar refractivity (Wildman–Crippen MR) is 211 cm³/mol. The third-order valence-electron chi connectivity index (χ3n) is 8.07. The lowest BCUT2D eigenvalue weighted by Gasteiger charge is -2.11. The van der Waals surface area contributed by atoms with E-state index in [1.54, 1.807) is 0 Å². The standard InChI is InChI=1S/C45H26N4OS/c1-3-12-27(13-4-1)30-18-11-20-36-40(30)32-23-22-29(26-37(32)50-36)44-46-43(28-14-5-2-6-15-28)47-45(48-44)49-34-19-9-7-16-31(34)41-35(49)24-25-39-42(41)33-17-8-10-21-38(33)51-39/h1-26H/i1D,2D,3D,4D,5D,6D,7D,8D,9D,10D,11D,12D,13D,14D,15D,16D,17D,18D,19D,20D,21D,22D,23D,24D,25D,26D. The maximum absolute atomic E-state index is 9.65. The molecular formula is C45H26N4OS. The summed E-state index contributed by atoms with van der Waals surface area (Å²) >= 11 is 0.733. The molecule has 0 aliphatic carbocycles. The van der Waals surface area contributed by atoms with Gasteiger partial charge in [-0.2, -0.15) is 9.97 Å². The normalized spacial score (nSPS) is 19.1. The van der Waals surface area contributed by atoms with Gasteiger partial charge >= 0.3 is 0 Å². The number of para-hydroxylation sites is 1. The highest BCUT2D eigenvalue weighted by atomic mass is 32.1. The molecule has 0 aliphatic rings. The second kappa shape index (κ2) is 10.9. The summed E-state index contributed by atoms with van der Waals surface area (Å²) in [6.45, 7) is 0. The highest BCUT2D eigenvalue weighted by Gasteiger charge is 2.21. The van der Waals surface area contributed by atoms with Crippen molar-refractivity contribution in [1.82, 2.24) is 19.5 Å². The lowest BCUT2D eigenvalue weighted by atomic mass is 9.99. The third-order valence-corrected chi connectivity index (χ3v) is 9.09. The van der Waals surface area contributed by atoms with Crippen LogP contribution in [0.1, 0.15) is 35.6 Å². The second-order valence-corrected chi connectivity index (χ2v) is 11.9. The summed E-state index contributed by atoms with van der Waals surface area (Å²) in [5.74, 6) is -2.44. The molecular weight excluding hydrogens is 645 g/mol. The van der Waals surface area contributed by atoms with Crippen molar-refractivity contribution >= 4 is 75.3 Å².